The van der Waals surface area contributed by atoms with Crippen LogP contribution in [0.25, 0.3) is 0 Å². The molecule has 0 saturated carbocycles. The van der Waals surface area contributed by atoms with Crippen LogP contribution < -0.4 is 4.74 Å². The van der Waals surface area contributed by atoms with Gasteiger partial charge in [0.15, 0.2) is 5.60 Å². The maximum absolute atomic E-state index is 11.7. The van der Waals surface area contributed by atoms with E-state index in [-0.39, 0.29) is 19.1 Å². The van der Waals surface area contributed by atoms with Crippen LogP contribution >= 0.6 is 0 Å². The molecule has 2 rings (SSSR count). The van der Waals surface area contributed by atoms with E-state index in [9.17, 15) is 9.90 Å². The summed E-state index contributed by atoms with van der Waals surface area (Å²) in [5, 5.41) is 9.61. The molecule has 2 atom stereocenters. The van der Waals surface area contributed by atoms with Gasteiger partial charge >= 0.3 is 5.97 Å². The van der Waals surface area contributed by atoms with Crippen molar-refractivity contribution in [1.82, 2.24) is 0 Å². The molecule has 19 heavy (non-hydrogen) atoms. The molecule has 0 aromatic heterocycles. The van der Waals surface area contributed by atoms with E-state index >= 15 is 0 Å². The normalized spacial score (nSPS) is 26.4. The zero-order valence-electron chi connectivity index (χ0n) is 11.3. The molecule has 1 aliphatic heterocycles. The molecule has 1 N–H and O–H groups in total. The van der Waals surface area contributed by atoms with Crippen molar-refractivity contribution in [2.45, 2.75) is 25.0 Å². The average Bonchev–Trinajstić information content (AvgIpc) is 2.84. The Hall–Kier alpha value is -1.59. The Balaban J connectivity index is 2.51. The van der Waals surface area contributed by atoms with Crippen LogP contribution in [0, 0.1) is 6.92 Å². The van der Waals surface area contributed by atoms with E-state index in [1.807, 2.05) is 13.0 Å². The summed E-state index contributed by atoms with van der Waals surface area (Å²) in [5.41, 5.74) is 0.112. The lowest BCUT2D eigenvalue weighted by molar-refractivity contribution is -0.161. The summed E-state index contributed by atoms with van der Waals surface area (Å²) in [7, 11) is 3.08. The molecule has 1 aromatic rings. The largest absolute Gasteiger partial charge is 0.496 e. The zero-order chi connectivity index (χ0) is 14.0. The minimum absolute atomic E-state index is 0.221. The van der Waals surface area contributed by atoms with E-state index in [1.165, 1.54) is 7.11 Å². The maximum Gasteiger partial charge on any atom is 0.340 e. The molecule has 0 radical (unpaired) electrons. The molecule has 1 aliphatic rings. The number of methoxy groups -OCH3 is 2. The van der Waals surface area contributed by atoms with Crippen LogP contribution in [0.4, 0.5) is 0 Å². The van der Waals surface area contributed by atoms with Crippen LogP contribution in [0.3, 0.4) is 0 Å². The number of carboxylic acid groups (broad SMARTS) is 1. The minimum atomic E-state index is -1.39. The van der Waals surface area contributed by atoms with Gasteiger partial charge in [0.25, 0.3) is 0 Å². The fraction of sp³-hybridized carbons (Fsp3) is 0.500. The van der Waals surface area contributed by atoms with Crippen molar-refractivity contribution < 1.29 is 24.1 Å². The van der Waals surface area contributed by atoms with Gasteiger partial charge in [-0.3, -0.25) is 0 Å². The van der Waals surface area contributed by atoms with Gasteiger partial charge in [-0.2, -0.15) is 0 Å². The molecule has 1 saturated heterocycles. The molecule has 0 unspecified atom stereocenters. The Bertz CT molecular complexity index is 485. The van der Waals surface area contributed by atoms with Crippen molar-refractivity contribution in [1.29, 1.82) is 0 Å². The second kappa shape index (κ2) is 5.19. The molecule has 0 spiro atoms. The molecule has 0 aliphatic carbocycles. The lowest BCUT2D eigenvalue weighted by Gasteiger charge is -2.26. The fourth-order valence-corrected chi connectivity index (χ4v) is 2.41. The lowest BCUT2D eigenvalue weighted by atomic mass is 9.88. The second-order valence-corrected chi connectivity index (χ2v) is 4.71. The Morgan fingerprint density at radius 3 is 2.74 bits per heavy atom. The molecule has 1 aromatic carbocycles. The van der Waals surface area contributed by atoms with Crippen molar-refractivity contribution >= 4 is 5.97 Å². The summed E-state index contributed by atoms with van der Waals surface area (Å²) >= 11 is 0. The monoisotopic (exact) mass is 266 g/mol. The number of carbonyl (C=O) groups is 1. The molecule has 104 valence electrons. The number of hydrogen-bond acceptors (Lipinski definition) is 4. The minimum Gasteiger partial charge on any atom is -0.496 e. The summed E-state index contributed by atoms with van der Waals surface area (Å²) in [4.78, 5) is 11.7. The SMILES string of the molecule is COc1ccc(C)cc1[C@@]1(C(=O)O)C[C@H](OC)CO1. The molecule has 1 fully saturated rings. The quantitative estimate of drug-likeness (QED) is 0.899. The number of aliphatic carboxylic acids is 1. The van der Waals surface area contributed by atoms with E-state index < -0.39 is 11.6 Å². The number of ether oxygens (including phenoxy) is 3. The Morgan fingerprint density at radius 1 is 1.47 bits per heavy atom. The van der Waals surface area contributed by atoms with Crippen molar-refractivity contribution in [2.24, 2.45) is 0 Å². The molecular weight excluding hydrogens is 248 g/mol. The second-order valence-electron chi connectivity index (χ2n) is 4.71. The molecular formula is C14H18O5. The first-order chi connectivity index (χ1) is 9.03. The van der Waals surface area contributed by atoms with Gasteiger partial charge in [-0.15, -0.1) is 0 Å². The first kappa shape index (κ1) is 13.8. The third-order valence-corrected chi connectivity index (χ3v) is 3.50. The van der Waals surface area contributed by atoms with Gasteiger partial charge in [0.1, 0.15) is 5.75 Å². The fourth-order valence-electron chi connectivity index (χ4n) is 2.41. The number of hydrogen-bond donors (Lipinski definition) is 1. The number of rotatable bonds is 4. The van der Waals surface area contributed by atoms with Gasteiger partial charge in [-0.1, -0.05) is 11.6 Å². The predicted octanol–water partition coefficient (Wildman–Crippen LogP) is 1.72. The standard InChI is InChI=1S/C14H18O5/c1-9-4-5-12(18-3)11(6-9)14(13(15)16)7-10(17-2)8-19-14/h4-6,10H,7-8H2,1-3H3,(H,15,16)/t10-,14+/m0/s1. The summed E-state index contributed by atoms with van der Waals surface area (Å²) < 4.78 is 16.1. The summed E-state index contributed by atoms with van der Waals surface area (Å²) in [5.74, 6) is -0.499. The van der Waals surface area contributed by atoms with Gasteiger partial charge in [-0.05, 0) is 19.1 Å². The topological polar surface area (TPSA) is 65.0 Å². The highest BCUT2D eigenvalue weighted by molar-refractivity contribution is 5.81. The van der Waals surface area contributed by atoms with Gasteiger partial charge in [0.05, 0.1) is 19.8 Å². The van der Waals surface area contributed by atoms with E-state index in [0.717, 1.165) is 5.56 Å². The molecule has 0 amide bonds. The van der Waals surface area contributed by atoms with Gasteiger partial charge in [-0.25, -0.2) is 4.79 Å². The van der Waals surface area contributed by atoms with Crippen molar-refractivity contribution in [2.75, 3.05) is 20.8 Å². The zero-order valence-corrected chi connectivity index (χ0v) is 11.3. The molecule has 5 nitrogen and oxygen atoms in total. The van der Waals surface area contributed by atoms with E-state index in [2.05, 4.69) is 0 Å². The van der Waals surface area contributed by atoms with E-state index in [0.29, 0.717) is 11.3 Å². The highest BCUT2D eigenvalue weighted by Crippen LogP contribution is 2.42. The van der Waals surface area contributed by atoms with Crippen LogP contribution in [-0.4, -0.2) is 38.0 Å². The van der Waals surface area contributed by atoms with Gasteiger partial charge in [0.2, 0.25) is 0 Å². The van der Waals surface area contributed by atoms with Gasteiger partial charge in [0, 0.05) is 19.1 Å². The average molecular weight is 266 g/mol. The molecule has 0 bridgehead atoms. The van der Waals surface area contributed by atoms with Crippen LogP contribution in [0.2, 0.25) is 0 Å². The van der Waals surface area contributed by atoms with Crippen LogP contribution in [0.1, 0.15) is 17.5 Å². The Kier molecular flexibility index (Phi) is 3.78. The summed E-state index contributed by atoms with van der Waals surface area (Å²) in [6.45, 7) is 2.17. The van der Waals surface area contributed by atoms with Crippen molar-refractivity contribution in [3.63, 3.8) is 0 Å². The van der Waals surface area contributed by atoms with Crippen LogP contribution in [-0.2, 0) is 19.9 Å². The third-order valence-electron chi connectivity index (χ3n) is 3.50. The maximum atomic E-state index is 11.7. The molecule has 1 heterocycles. The number of aryl methyl sites for hydroxylation is 1. The number of benzene rings is 1. The third kappa shape index (κ3) is 2.31. The van der Waals surface area contributed by atoms with Crippen LogP contribution in [0.15, 0.2) is 18.2 Å². The number of carboxylic acids is 1. The van der Waals surface area contributed by atoms with E-state index in [1.54, 1.807) is 19.2 Å². The Labute approximate surface area is 112 Å². The van der Waals surface area contributed by atoms with E-state index in [4.69, 9.17) is 14.2 Å². The van der Waals surface area contributed by atoms with Crippen molar-refractivity contribution in [3.8, 4) is 5.75 Å². The highest BCUT2D eigenvalue weighted by Gasteiger charge is 2.50. The predicted molar refractivity (Wildman–Crippen MR) is 68.4 cm³/mol. The summed E-state index contributed by atoms with van der Waals surface area (Å²) in [6, 6.07) is 5.43. The summed E-state index contributed by atoms with van der Waals surface area (Å²) in [6.07, 6.45) is 0.0554. The molecule has 5 heteroatoms. The Morgan fingerprint density at radius 2 is 2.21 bits per heavy atom. The van der Waals surface area contributed by atoms with Gasteiger partial charge < -0.3 is 19.3 Å². The highest BCUT2D eigenvalue weighted by atomic mass is 16.6. The van der Waals surface area contributed by atoms with Crippen LogP contribution in [0.5, 0.6) is 5.75 Å². The van der Waals surface area contributed by atoms with Crippen molar-refractivity contribution in [3.05, 3.63) is 29.3 Å². The first-order valence-electron chi connectivity index (χ1n) is 6.08. The smallest absolute Gasteiger partial charge is 0.340 e. The first-order valence-corrected chi connectivity index (χ1v) is 6.08. The lowest BCUT2D eigenvalue weighted by Crippen LogP contribution is -2.36.